The van der Waals surface area contributed by atoms with Crippen molar-refractivity contribution in [1.82, 2.24) is 19.8 Å². The van der Waals surface area contributed by atoms with Crippen molar-refractivity contribution >= 4 is 40.3 Å². The van der Waals surface area contributed by atoms with Gasteiger partial charge in [0.25, 0.3) is 0 Å². The Balaban J connectivity index is 1.45. The summed E-state index contributed by atoms with van der Waals surface area (Å²) in [7, 11) is 3.11. The van der Waals surface area contributed by atoms with Gasteiger partial charge in [0.05, 0.1) is 24.8 Å². The summed E-state index contributed by atoms with van der Waals surface area (Å²) in [6.45, 7) is 0. The topological polar surface area (TPSA) is 90.6 Å². The number of benzene rings is 1. The van der Waals surface area contributed by atoms with Crippen LogP contribution in [0.4, 0.5) is 5.69 Å². The summed E-state index contributed by atoms with van der Waals surface area (Å²) in [6.07, 6.45) is 0. The van der Waals surface area contributed by atoms with Gasteiger partial charge in [0.1, 0.15) is 5.69 Å². The van der Waals surface area contributed by atoms with Crippen LogP contribution in [0.1, 0.15) is 0 Å². The molecular formula is C19H17N5O3S2. The molecule has 0 spiro atoms. The Bertz CT molecular complexity index is 1140. The normalized spacial score (nSPS) is 10.8. The molecule has 10 heteroatoms. The number of carbonyl (C=O) groups excluding carboxylic acids is 1. The highest BCUT2D eigenvalue weighted by Crippen LogP contribution is 2.30. The van der Waals surface area contributed by atoms with Gasteiger partial charge in [-0.3, -0.25) is 4.79 Å². The number of anilines is 1. The minimum absolute atomic E-state index is 0.167. The Labute approximate surface area is 174 Å². The standard InChI is InChI=1S/C19H17N5O3S2/c1-26-14-7-5-12(10-15(14)27-2)20-18(25)11-29-19-22-21-17-8-6-13(23-24(17)19)16-4-3-9-28-16/h3-10H,11H2,1-2H3,(H,20,25). The van der Waals surface area contributed by atoms with Crippen molar-refractivity contribution in [1.29, 1.82) is 0 Å². The third kappa shape index (κ3) is 4.17. The highest BCUT2D eigenvalue weighted by atomic mass is 32.2. The second-order valence-corrected chi connectivity index (χ2v) is 7.75. The number of hydrogen-bond donors (Lipinski definition) is 1. The molecule has 0 aliphatic carbocycles. The summed E-state index contributed by atoms with van der Waals surface area (Å²) in [5.74, 6) is 1.14. The number of carbonyl (C=O) groups is 1. The van der Waals surface area contributed by atoms with Gasteiger partial charge in [0, 0.05) is 11.8 Å². The zero-order valence-electron chi connectivity index (χ0n) is 15.7. The Kier molecular flexibility index (Phi) is 5.63. The summed E-state index contributed by atoms with van der Waals surface area (Å²) in [5.41, 5.74) is 2.09. The van der Waals surface area contributed by atoms with E-state index in [2.05, 4.69) is 20.6 Å². The van der Waals surface area contributed by atoms with Crippen LogP contribution in [0.25, 0.3) is 16.2 Å². The first-order valence-corrected chi connectivity index (χ1v) is 10.5. The van der Waals surface area contributed by atoms with Crippen molar-refractivity contribution in [2.45, 2.75) is 5.16 Å². The lowest BCUT2D eigenvalue weighted by Crippen LogP contribution is -2.14. The molecule has 4 rings (SSSR count). The Morgan fingerprint density at radius 1 is 1.14 bits per heavy atom. The lowest BCUT2D eigenvalue weighted by Gasteiger charge is -2.10. The molecule has 8 nitrogen and oxygen atoms in total. The van der Waals surface area contributed by atoms with E-state index in [0.29, 0.717) is 28.0 Å². The molecule has 0 aliphatic rings. The molecule has 0 bridgehead atoms. The highest BCUT2D eigenvalue weighted by Gasteiger charge is 2.13. The van der Waals surface area contributed by atoms with Crippen molar-refractivity contribution in [3.05, 3.63) is 47.8 Å². The van der Waals surface area contributed by atoms with Crippen LogP contribution in [0.3, 0.4) is 0 Å². The van der Waals surface area contributed by atoms with E-state index in [1.165, 1.54) is 11.8 Å². The molecule has 0 saturated heterocycles. The second kappa shape index (κ2) is 8.50. The molecule has 1 aromatic carbocycles. The molecule has 0 fully saturated rings. The number of fused-ring (bicyclic) bond motifs is 1. The molecule has 0 unspecified atom stereocenters. The average molecular weight is 428 g/mol. The van der Waals surface area contributed by atoms with E-state index in [1.54, 1.807) is 48.3 Å². The molecule has 3 heterocycles. The van der Waals surface area contributed by atoms with Crippen LogP contribution in [-0.4, -0.2) is 45.7 Å². The van der Waals surface area contributed by atoms with E-state index in [1.807, 2.05) is 29.6 Å². The van der Waals surface area contributed by atoms with E-state index in [-0.39, 0.29) is 11.7 Å². The number of aromatic nitrogens is 4. The van der Waals surface area contributed by atoms with Crippen LogP contribution in [0, 0.1) is 0 Å². The number of thiophene rings is 1. The fourth-order valence-electron chi connectivity index (χ4n) is 2.66. The van der Waals surface area contributed by atoms with Gasteiger partial charge < -0.3 is 14.8 Å². The SMILES string of the molecule is COc1ccc(NC(=O)CSc2nnc3ccc(-c4cccs4)nn23)cc1OC. The predicted octanol–water partition coefficient (Wildman–Crippen LogP) is 3.60. The van der Waals surface area contributed by atoms with Gasteiger partial charge >= 0.3 is 0 Å². The Hall–Kier alpha value is -3.11. The number of hydrogen-bond acceptors (Lipinski definition) is 8. The predicted molar refractivity (Wildman–Crippen MR) is 113 cm³/mol. The van der Waals surface area contributed by atoms with Crippen molar-refractivity contribution in [2.75, 3.05) is 25.3 Å². The second-order valence-electron chi connectivity index (χ2n) is 5.86. The number of rotatable bonds is 7. The minimum Gasteiger partial charge on any atom is -0.493 e. The van der Waals surface area contributed by atoms with E-state index in [9.17, 15) is 4.79 Å². The molecule has 4 aromatic rings. The van der Waals surface area contributed by atoms with Gasteiger partial charge in [-0.2, -0.15) is 9.61 Å². The summed E-state index contributed by atoms with van der Waals surface area (Å²) in [4.78, 5) is 13.4. The van der Waals surface area contributed by atoms with Crippen LogP contribution in [0.5, 0.6) is 11.5 Å². The van der Waals surface area contributed by atoms with Gasteiger partial charge in [-0.25, -0.2) is 0 Å². The highest BCUT2D eigenvalue weighted by molar-refractivity contribution is 7.99. The fourth-order valence-corrected chi connectivity index (χ4v) is 4.03. The number of methoxy groups -OCH3 is 2. The maximum absolute atomic E-state index is 12.4. The fraction of sp³-hybridized carbons (Fsp3) is 0.158. The molecule has 148 valence electrons. The third-order valence-electron chi connectivity index (χ3n) is 4.01. The van der Waals surface area contributed by atoms with Gasteiger partial charge in [0.2, 0.25) is 11.1 Å². The number of thioether (sulfide) groups is 1. The number of nitrogens with one attached hydrogen (secondary N) is 1. The maximum atomic E-state index is 12.4. The lowest BCUT2D eigenvalue weighted by atomic mass is 10.2. The van der Waals surface area contributed by atoms with Crippen LogP contribution in [0.15, 0.2) is 53.0 Å². The molecular weight excluding hydrogens is 410 g/mol. The first-order chi connectivity index (χ1) is 14.2. The number of ether oxygens (including phenoxy) is 2. The molecule has 29 heavy (non-hydrogen) atoms. The summed E-state index contributed by atoms with van der Waals surface area (Å²) in [6, 6.07) is 13.0. The van der Waals surface area contributed by atoms with Gasteiger partial charge in [-0.15, -0.1) is 21.5 Å². The Morgan fingerprint density at radius 2 is 2.00 bits per heavy atom. The van der Waals surface area contributed by atoms with Gasteiger partial charge in [-0.05, 0) is 35.7 Å². The summed E-state index contributed by atoms with van der Waals surface area (Å²) >= 11 is 2.88. The van der Waals surface area contributed by atoms with Crippen molar-refractivity contribution in [3.8, 4) is 22.1 Å². The summed E-state index contributed by atoms with van der Waals surface area (Å²) < 4.78 is 12.1. The van der Waals surface area contributed by atoms with Crippen molar-refractivity contribution in [2.24, 2.45) is 0 Å². The van der Waals surface area contributed by atoms with Crippen LogP contribution in [-0.2, 0) is 4.79 Å². The van der Waals surface area contributed by atoms with Crippen LogP contribution in [0.2, 0.25) is 0 Å². The van der Waals surface area contributed by atoms with E-state index in [4.69, 9.17) is 9.47 Å². The molecule has 1 N–H and O–H groups in total. The quantitative estimate of drug-likeness (QED) is 0.451. The molecule has 0 aliphatic heterocycles. The zero-order valence-corrected chi connectivity index (χ0v) is 17.3. The smallest absolute Gasteiger partial charge is 0.234 e. The number of nitrogens with zero attached hydrogens (tertiary/aromatic N) is 4. The van der Waals surface area contributed by atoms with Crippen molar-refractivity contribution in [3.63, 3.8) is 0 Å². The molecule has 0 atom stereocenters. The van der Waals surface area contributed by atoms with E-state index >= 15 is 0 Å². The minimum atomic E-state index is -0.173. The third-order valence-corrected chi connectivity index (χ3v) is 5.82. The van der Waals surface area contributed by atoms with Crippen LogP contribution >= 0.6 is 23.1 Å². The van der Waals surface area contributed by atoms with E-state index in [0.717, 1.165) is 10.6 Å². The first kappa shape index (κ1) is 19.2. The maximum Gasteiger partial charge on any atom is 0.234 e. The van der Waals surface area contributed by atoms with E-state index < -0.39 is 0 Å². The van der Waals surface area contributed by atoms with Crippen LogP contribution < -0.4 is 14.8 Å². The lowest BCUT2D eigenvalue weighted by molar-refractivity contribution is -0.113. The average Bonchev–Trinajstić information content (AvgIpc) is 3.42. The van der Waals surface area contributed by atoms with Gasteiger partial charge in [-0.1, -0.05) is 17.8 Å². The molecule has 3 aromatic heterocycles. The monoisotopic (exact) mass is 427 g/mol. The molecule has 0 radical (unpaired) electrons. The molecule has 1 amide bonds. The zero-order chi connectivity index (χ0) is 20.2. The first-order valence-electron chi connectivity index (χ1n) is 8.59. The van der Waals surface area contributed by atoms with Crippen molar-refractivity contribution < 1.29 is 14.3 Å². The largest absolute Gasteiger partial charge is 0.493 e. The molecule has 0 saturated carbocycles. The number of amides is 1. The van der Waals surface area contributed by atoms with Gasteiger partial charge in [0.15, 0.2) is 17.1 Å². The Morgan fingerprint density at radius 3 is 2.76 bits per heavy atom. The summed E-state index contributed by atoms with van der Waals surface area (Å²) in [5, 5.41) is 18.3.